The number of rotatable bonds is 4. The molecule has 0 spiro atoms. The third-order valence-corrected chi connectivity index (χ3v) is 4.45. The van der Waals surface area contributed by atoms with E-state index >= 15 is 0 Å². The van der Waals surface area contributed by atoms with Crippen LogP contribution in [0, 0.1) is 0 Å². The molecule has 0 amide bonds. The fourth-order valence-corrected chi connectivity index (χ4v) is 3.39. The molecule has 1 heterocycles. The van der Waals surface area contributed by atoms with Gasteiger partial charge in [0.25, 0.3) is 0 Å². The predicted molar refractivity (Wildman–Crippen MR) is 88.0 cm³/mol. The lowest BCUT2D eigenvalue weighted by atomic mass is 10.0. The molecule has 0 aliphatic carbocycles. The Bertz CT molecular complexity index is 565. The first-order valence-electron chi connectivity index (χ1n) is 7.94. The average molecular weight is 280 g/mol. The van der Waals surface area contributed by atoms with Gasteiger partial charge in [-0.3, -0.25) is 4.90 Å². The van der Waals surface area contributed by atoms with E-state index in [2.05, 4.69) is 59.5 Å². The molecule has 1 aliphatic rings. The second-order valence-corrected chi connectivity index (χ2v) is 5.85. The minimum atomic E-state index is 0.433. The number of fused-ring (bicyclic) bond motifs is 1. The molecule has 0 bridgehead atoms. The van der Waals surface area contributed by atoms with E-state index in [0.717, 1.165) is 26.1 Å². The fraction of sp³-hybridized carbons (Fsp3) is 0.368. The van der Waals surface area contributed by atoms with Crippen LogP contribution in [0.1, 0.15) is 35.6 Å². The van der Waals surface area contributed by atoms with Gasteiger partial charge in [-0.15, -0.1) is 0 Å². The first kappa shape index (κ1) is 14.3. The maximum Gasteiger partial charge on any atom is 0.0363 e. The van der Waals surface area contributed by atoms with Crippen molar-refractivity contribution in [3.05, 3.63) is 71.3 Å². The third kappa shape index (κ3) is 3.34. The number of aryl methyl sites for hydroxylation is 1. The van der Waals surface area contributed by atoms with Gasteiger partial charge in [0, 0.05) is 12.6 Å². The van der Waals surface area contributed by atoms with Crippen molar-refractivity contribution in [1.29, 1.82) is 0 Å². The Morgan fingerprint density at radius 2 is 1.67 bits per heavy atom. The molecule has 1 aliphatic heterocycles. The van der Waals surface area contributed by atoms with Crippen molar-refractivity contribution in [2.75, 3.05) is 13.1 Å². The number of hydrogen-bond acceptors (Lipinski definition) is 2. The van der Waals surface area contributed by atoms with E-state index in [0.29, 0.717) is 6.04 Å². The molecule has 2 N–H and O–H groups in total. The summed E-state index contributed by atoms with van der Waals surface area (Å²) in [6.07, 6.45) is 3.44. The Hall–Kier alpha value is -1.64. The zero-order chi connectivity index (χ0) is 14.5. The molecule has 2 aromatic rings. The molecule has 0 saturated heterocycles. The Morgan fingerprint density at radius 3 is 2.43 bits per heavy atom. The molecule has 0 radical (unpaired) electrons. The number of nitrogens with zero attached hydrogens (tertiary/aromatic N) is 1. The topological polar surface area (TPSA) is 29.3 Å². The van der Waals surface area contributed by atoms with Gasteiger partial charge in [-0.05, 0) is 49.0 Å². The van der Waals surface area contributed by atoms with Gasteiger partial charge in [0.2, 0.25) is 0 Å². The highest BCUT2D eigenvalue weighted by atomic mass is 15.2. The zero-order valence-corrected chi connectivity index (χ0v) is 12.5. The summed E-state index contributed by atoms with van der Waals surface area (Å²) in [6.45, 7) is 2.92. The summed E-state index contributed by atoms with van der Waals surface area (Å²) in [6, 6.07) is 20.1. The molecule has 0 aromatic heterocycles. The van der Waals surface area contributed by atoms with E-state index < -0.39 is 0 Å². The first-order valence-corrected chi connectivity index (χ1v) is 7.94. The van der Waals surface area contributed by atoms with Gasteiger partial charge in [0.15, 0.2) is 0 Å². The van der Waals surface area contributed by atoms with Crippen molar-refractivity contribution in [2.24, 2.45) is 5.73 Å². The maximum atomic E-state index is 5.88. The molecule has 2 nitrogen and oxygen atoms in total. The molecule has 1 unspecified atom stereocenters. The standard InChI is InChI=1S/C19H24N2/c20-13-12-19(17-8-2-1-3-9-17)21-14-6-11-16-7-4-5-10-18(16)15-21/h1-5,7-10,19H,6,11-15,20H2. The minimum absolute atomic E-state index is 0.433. The van der Waals surface area contributed by atoms with Gasteiger partial charge >= 0.3 is 0 Å². The summed E-state index contributed by atoms with van der Waals surface area (Å²) >= 11 is 0. The van der Waals surface area contributed by atoms with Crippen LogP contribution in [0.5, 0.6) is 0 Å². The summed E-state index contributed by atoms with van der Waals surface area (Å²) < 4.78 is 0. The summed E-state index contributed by atoms with van der Waals surface area (Å²) in [5, 5.41) is 0. The Kier molecular flexibility index (Phi) is 4.69. The Labute approximate surface area is 127 Å². The number of benzene rings is 2. The second-order valence-electron chi connectivity index (χ2n) is 5.85. The molecule has 0 fully saturated rings. The van der Waals surface area contributed by atoms with Gasteiger partial charge in [-0.1, -0.05) is 54.6 Å². The highest BCUT2D eigenvalue weighted by Crippen LogP contribution is 2.29. The van der Waals surface area contributed by atoms with Crippen LogP contribution < -0.4 is 5.73 Å². The van der Waals surface area contributed by atoms with E-state index in [1.165, 1.54) is 29.5 Å². The number of nitrogens with two attached hydrogens (primary N) is 1. The molecular formula is C19H24N2. The summed E-state index contributed by atoms with van der Waals surface area (Å²) in [7, 11) is 0. The van der Waals surface area contributed by atoms with Gasteiger partial charge in [-0.25, -0.2) is 0 Å². The van der Waals surface area contributed by atoms with Crippen LogP contribution in [0.4, 0.5) is 0 Å². The lowest BCUT2D eigenvalue weighted by molar-refractivity contribution is 0.183. The van der Waals surface area contributed by atoms with Crippen LogP contribution in [-0.2, 0) is 13.0 Å². The maximum absolute atomic E-state index is 5.88. The van der Waals surface area contributed by atoms with Crippen LogP contribution in [0.25, 0.3) is 0 Å². The number of hydrogen-bond donors (Lipinski definition) is 1. The normalized spacial score (nSPS) is 17.0. The van der Waals surface area contributed by atoms with E-state index in [1.807, 2.05) is 0 Å². The lowest BCUT2D eigenvalue weighted by Crippen LogP contribution is -2.30. The summed E-state index contributed by atoms with van der Waals surface area (Å²) in [4.78, 5) is 2.61. The molecule has 2 heteroatoms. The fourth-order valence-electron chi connectivity index (χ4n) is 3.39. The van der Waals surface area contributed by atoms with Crippen LogP contribution in [0.3, 0.4) is 0 Å². The molecule has 110 valence electrons. The molecule has 1 atom stereocenters. The summed E-state index contributed by atoms with van der Waals surface area (Å²) in [5.74, 6) is 0. The van der Waals surface area contributed by atoms with Crippen molar-refractivity contribution in [3.63, 3.8) is 0 Å². The van der Waals surface area contributed by atoms with Gasteiger partial charge in [0.1, 0.15) is 0 Å². The zero-order valence-electron chi connectivity index (χ0n) is 12.5. The minimum Gasteiger partial charge on any atom is -0.330 e. The first-order chi connectivity index (χ1) is 10.4. The van der Waals surface area contributed by atoms with E-state index in [-0.39, 0.29) is 0 Å². The van der Waals surface area contributed by atoms with Crippen molar-refractivity contribution in [3.8, 4) is 0 Å². The molecule has 0 saturated carbocycles. The molecular weight excluding hydrogens is 256 g/mol. The highest BCUT2D eigenvalue weighted by molar-refractivity contribution is 5.29. The smallest absolute Gasteiger partial charge is 0.0363 e. The van der Waals surface area contributed by atoms with Crippen molar-refractivity contribution < 1.29 is 0 Å². The summed E-state index contributed by atoms with van der Waals surface area (Å²) in [5.41, 5.74) is 10.3. The van der Waals surface area contributed by atoms with Crippen LogP contribution >= 0.6 is 0 Å². The van der Waals surface area contributed by atoms with Gasteiger partial charge < -0.3 is 5.73 Å². The average Bonchev–Trinajstić information content (AvgIpc) is 2.75. The Balaban J connectivity index is 1.86. The SMILES string of the molecule is NCCC(c1ccccc1)N1CCCc2ccccc2C1. The molecule has 21 heavy (non-hydrogen) atoms. The van der Waals surface area contributed by atoms with Crippen LogP contribution in [-0.4, -0.2) is 18.0 Å². The van der Waals surface area contributed by atoms with Crippen molar-refractivity contribution in [2.45, 2.75) is 31.8 Å². The van der Waals surface area contributed by atoms with E-state index in [9.17, 15) is 0 Å². The highest BCUT2D eigenvalue weighted by Gasteiger charge is 2.22. The van der Waals surface area contributed by atoms with E-state index in [1.54, 1.807) is 0 Å². The Morgan fingerprint density at radius 1 is 0.952 bits per heavy atom. The molecule has 2 aromatic carbocycles. The van der Waals surface area contributed by atoms with Gasteiger partial charge in [0.05, 0.1) is 0 Å². The monoisotopic (exact) mass is 280 g/mol. The largest absolute Gasteiger partial charge is 0.330 e. The molecule has 3 rings (SSSR count). The lowest BCUT2D eigenvalue weighted by Gasteiger charge is -2.31. The van der Waals surface area contributed by atoms with Crippen LogP contribution in [0.15, 0.2) is 54.6 Å². The van der Waals surface area contributed by atoms with Crippen LogP contribution in [0.2, 0.25) is 0 Å². The van der Waals surface area contributed by atoms with Crippen molar-refractivity contribution >= 4 is 0 Å². The third-order valence-electron chi connectivity index (χ3n) is 4.45. The van der Waals surface area contributed by atoms with E-state index in [4.69, 9.17) is 5.73 Å². The quantitative estimate of drug-likeness (QED) is 0.928. The predicted octanol–water partition coefficient (Wildman–Crippen LogP) is 3.52. The van der Waals surface area contributed by atoms with Gasteiger partial charge in [-0.2, -0.15) is 0 Å². The van der Waals surface area contributed by atoms with Crippen molar-refractivity contribution in [1.82, 2.24) is 4.90 Å². The second kappa shape index (κ2) is 6.88.